The largest absolute Gasteiger partial charge is 0.490 e. The van der Waals surface area contributed by atoms with Crippen LogP contribution in [-0.2, 0) is 11.2 Å². The predicted octanol–water partition coefficient (Wildman–Crippen LogP) is 4.88. The molecule has 4 aromatic rings. The number of aromatic nitrogens is 2. The topological polar surface area (TPSA) is 93.6 Å². The molecule has 2 N–H and O–H groups in total. The Morgan fingerprint density at radius 3 is 2.81 bits per heavy atom. The molecule has 0 unspecified atom stereocenters. The maximum Gasteiger partial charge on any atom is 0.341 e. The highest BCUT2D eigenvalue weighted by Gasteiger charge is 2.11. The van der Waals surface area contributed by atoms with Gasteiger partial charge >= 0.3 is 5.97 Å². The van der Waals surface area contributed by atoms with Crippen LogP contribution in [-0.4, -0.2) is 40.8 Å². The molecule has 0 bridgehead atoms. The van der Waals surface area contributed by atoms with Crippen LogP contribution in [0.1, 0.15) is 12.5 Å². The van der Waals surface area contributed by atoms with Crippen LogP contribution in [0.25, 0.3) is 21.3 Å². The first-order valence-electron chi connectivity index (χ1n) is 10.3. The fourth-order valence-corrected chi connectivity index (χ4v) is 4.15. The predicted molar refractivity (Wildman–Crippen MR) is 126 cm³/mol. The summed E-state index contributed by atoms with van der Waals surface area (Å²) >= 11 is 1.75. The normalized spacial score (nSPS) is 10.8. The van der Waals surface area contributed by atoms with Gasteiger partial charge < -0.3 is 19.9 Å². The molecule has 0 amide bonds. The summed E-state index contributed by atoms with van der Waals surface area (Å²) in [6.07, 6.45) is 2.40. The standard InChI is InChI=1S/C24H23N3O4S/c1-2-30-21-12-18(5-6-20(21)31-14-24(28)29)19-13-23(27-15-26-19)25-9-7-16-3-4-17-8-10-32-22(17)11-16/h3-6,8,10-13,15H,2,7,9,14H2,1H3,(H,28,29)(H,25,26,27). The van der Waals surface area contributed by atoms with Gasteiger partial charge in [-0.2, -0.15) is 0 Å². The second kappa shape index (κ2) is 10.1. The summed E-state index contributed by atoms with van der Waals surface area (Å²) in [5.74, 6) is 0.547. The van der Waals surface area contributed by atoms with Gasteiger partial charge in [0.2, 0.25) is 0 Å². The lowest BCUT2D eigenvalue weighted by molar-refractivity contribution is -0.139. The average Bonchev–Trinajstić information content (AvgIpc) is 3.26. The molecular formula is C24H23N3O4S. The number of carboxylic acids is 1. The smallest absolute Gasteiger partial charge is 0.341 e. The number of thiophene rings is 1. The molecule has 32 heavy (non-hydrogen) atoms. The molecule has 2 aromatic heterocycles. The molecule has 2 aromatic carbocycles. The number of aliphatic carboxylic acids is 1. The molecule has 0 saturated carbocycles. The second-order valence-corrected chi connectivity index (χ2v) is 7.98. The number of hydrogen-bond donors (Lipinski definition) is 2. The van der Waals surface area contributed by atoms with Gasteiger partial charge in [0.15, 0.2) is 18.1 Å². The van der Waals surface area contributed by atoms with Gasteiger partial charge in [-0.25, -0.2) is 14.8 Å². The van der Waals surface area contributed by atoms with Gasteiger partial charge in [0.25, 0.3) is 0 Å². The Bertz CT molecular complexity index is 1220. The number of nitrogens with one attached hydrogen (secondary N) is 1. The van der Waals surface area contributed by atoms with Crippen LogP contribution in [0, 0.1) is 0 Å². The second-order valence-electron chi connectivity index (χ2n) is 7.03. The minimum absolute atomic E-state index is 0.383. The first-order chi connectivity index (χ1) is 15.6. The Morgan fingerprint density at radius 2 is 1.97 bits per heavy atom. The van der Waals surface area contributed by atoms with Gasteiger partial charge in [0.05, 0.1) is 12.3 Å². The Kier molecular flexibility index (Phi) is 6.81. The van der Waals surface area contributed by atoms with E-state index in [0.717, 1.165) is 30.0 Å². The van der Waals surface area contributed by atoms with Crippen LogP contribution in [0.15, 0.2) is 60.2 Å². The van der Waals surface area contributed by atoms with E-state index in [4.69, 9.17) is 14.6 Å². The highest BCUT2D eigenvalue weighted by atomic mass is 32.1. The van der Waals surface area contributed by atoms with E-state index in [9.17, 15) is 4.79 Å². The van der Waals surface area contributed by atoms with E-state index in [1.54, 1.807) is 23.5 Å². The SMILES string of the molecule is CCOc1cc(-c2cc(NCCc3ccc4ccsc4c3)ncn2)ccc1OCC(=O)O. The number of fused-ring (bicyclic) bond motifs is 1. The minimum Gasteiger partial charge on any atom is -0.490 e. The molecule has 0 aliphatic carbocycles. The number of ether oxygens (including phenoxy) is 2. The third kappa shape index (κ3) is 5.33. The Hall–Kier alpha value is -3.65. The van der Waals surface area contributed by atoms with Gasteiger partial charge in [0.1, 0.15) is 12.1 Å². The summed E-state index contributed by atoms with van der Waals surface area (Å²) in [5, 5.41) is 15.6. The molecule has 7 nitrogen and oxygen atoms in total. The van der Waals surface area contributed by atoms with Crippen LogP contribution < -0.4 is 14.8 Å². The molecule has 4 rings (SSSR count). The summed E-state index contributed by atoms with van der Waals surface area (Å²) < 4.78 is 12.2. The van der Waals surface area contributed by atoms with Crippen molar-refractivity contribution < 1.29 is 19.4 Å². The zero-order valence-electron chi connectivity index (χ0n) is 17.6. The van der Waals surface area contributed by atoms with Crippen molar-refractivity contribution in [2.75, 3.05) is 25.1 Å². The van der Waals surface area contributed by atoms with Crippen molar-refractivity contribution >= 4 is 33.2 Å². The van der Waals surface area contributed by atoms with Gasteiger partial charge in [0, 0.05) is 22.9 Å². The first-order valence-corrected chi connectivity index (χ1v) is 11.1. The molecular weight excluding hydrogens is 426 g/mol. The molecule has 0 atom stereocenters. The number of carbonyl (C=O) groups is 1. The molecule has 0 radical (unpaired) electrons. The van der Waals surface area contributed by atoms with Crippen molar-refractivity contribution in [3.63, 3.8) is 0 Å². The first kappa shape index (κ1) is 21.6. The third-order valence-corrected chi connectivity index (χ3v) is 5.68. The summed E-state index contributed by atoms with van der Waals surface area (Å²) in [6, 6.07) is 15.9. The van der Waals surface area contributed by atoms with Gasteiger partial charge in [-0.05, 0) is 60.0 Å². The Labute approximate surface area is 189 Å². The molecule has 0 aliphatic heterocycles. The number of nitrogens with zero attached hydrogens (tertiary/aromatic N) is 2. The van der Waals surface area contributed by atoms with Crippen LogP contribution >= 0.6 is 11.3 Å². The number of hydrogen-bond acceptors (Lipinski definition) is 7. The number of carboxylic acid groups (broad SMARTS) is 1. The lowest BCUT2D eigenvalue weighted by atomic mass is 10.1. The monoisotopic (exact) mass is 449 g/mol. The third-order valence-electron chi connectivity index (χ3n) is 4.80. The van der Waals surface area contributed by atoms with Crippen molar-refractivity contribution in [1.82, 2.24) is 9.97 Å². The van der Waals surface area contributed by atoms with Crippen LogP contribution in [0.4, 0.5) is 5.82 Å². The maximum absolute atomic E-state index is 10.8. The van der Waals surface area contributed by atoms with E-state index in [0.29, 0.717) is 18.1 Å². The van der Waals surface area contributed by atoms with E-state index >= 15 is 0 Å². The zero-order valence-corrected chi connectivity index (χ0v) is 18.4. The van der Waals surface area contributed by atoms with Crippen molar-refractivity contribution in [2.45, 2.75) is 13.3 Å². The fourth-order valence-electron chi connectivity index (χ4n) is 3.30. The highest BCUT2D eigenvalue weighted by molar-refractivity contribution is 7.17. The highest BCUT2D eigenvalue weighted by Crippen LogP contribution is 2.32. The number of benzene rings is 2. The summed E-state index contributed by atoms with van der Waals surface area (Å²) in [4.78, 5) is 19.5. The summed E-state index contributed by atoms with van der Waals surface area (Å²) in [6.45, 7) is 2.61. The summed E-state index contributed by atoms with van der Waals surface area (Å²) in [7, 11) is 0. The zero-order chi connectivity index (χ0) is 22.3. The maximum atomic E-state index is 10.8. The van der Waals surface area contributed by atoms with Crippen LogP contribution in [0.5, 0.6) is 11.5 Å². The fraction of sp³-hybridized carbons (Fsp3) is 0.208. The summed E-state index contributed by atoms with van der Waals surface area (Å²) in [5.41, 5.74) is 2.83. The Balaban J connectivity index is 1.44. The van der Waals surface area contributed by atoms with Crippen molar-refractivity contribution in [3.8, 4) is 22.8 Å². The molecule has 0 spiro atoms. The molecule has 0 aliphatic rings. The van der Waals surface area contributed by atoms with Crippen molar-refractivity contribution in [3.05, 3.63) is 65.8 Å². The minimum atomic E-state index is -1.04. The van der Waals surface area contributed by atoms with E-state index in [1.165, 1.54) is 22.0 Å². The van der Waals surface area contributed by atoms with Gasteiger partial charge in [-0.1, -0.05) is 12.1 Å². The van der Waals surface area contributed by atoms with Crippen molar-refractivity contribution in [2.24, 2.45) is 0 Å². The van der Waals surface area contributed by atoms with E-state index in [1.807, 2.05) is 19.1 Å². The molecule has 0 saturated heterocycles. The number of rotatable bonds is 10. The number of anilines is 1. The molecule has 2 heterocycles. The van der Waals surface area contributed by atoms with E-state index in [2.05, 4.69) is 44.9 Å². The Morgan fingerprint density at radius 1 is 1.06 bits per heavy atom. The van der Waals surface area contributed by atoms with Crippen LogP contribution in [0.3, 0.4) is 0 Å². The molecule has 8 heteroatoms. The molecule has 0 fully saturated rings. The van der Waals surface area contributed by atoms with Crippen molar-refractivity contribution in [1.29, 1.82) is 0 Å². The lowest BCUT2D eigenvalue weighted by Gasteiger charge is -2.13. The molecule has 164 valence electrons. The average molecular weight is 450 g/mol. The van der Waals surface area contributed by atoms with Gasteiger partial charge in [-0.15, -0.1) is 11.3 Å². The van der Waals surface area contributed by atoms with E-state index < -0.39 is 12.6 Å². The van der Waals surface area contributed by atoms with Crippen LogP contribution in [0.2, 0.25) is 0 Å². The quantitative estimate of drug-likeness (QED) is 0.357. The lowest BCUT2D eigenvalue weighted by Crippen LogP contribution is -2.10. The van der Waals surface area contributed by atoms with E-state index in [-0.39, 0.29) is 0 Å². The van der Waals surface area contributed by atoms with Gasteiger partial charge in [-0.3, -0.25) is 0 Å².